The molecule has 240 valence electrons. The summed E-state index contributed by atoms with van der Waals surface area (Å²) in [4.78, 5) is 30.2. The Hall–Kier alpha value is -4.34. The van der Waals surface area contributed by atoms with Gasteiger partial charge in [0.15, 0.2) is 0 Å². The van der Waals surface area contributed by atoms with Crippen molar-refractivity contribution < 1.29 is 22.7 Å². The third-order valence-electron chi connectivity index (χ3n) is 8.17. The summed E-state index contributed by atoms with van der Waals surface area (Å²) in [5, 5.41) is 3.51. The molecule has 46 heavy (non-hydrogen) atoms. The molecule has 0 bridgehead atoms. The summed E-state index contributed by atoms with van der Waals surface area (Å²) in [5.41, 5.74) is 1.85. The molecule has 4 aromatic rings. The average Bonchev–Trinajstić information content (AvgIpc) is 3.59. The van der Waals surface area contributed by atoms with Crippen LogP contribution in [0.2, 0.25) is 5.02 Å². The van der Waals surface area contributed by atoms with E-state index in [1.807, 2.05) is 48.5 Å². The molecule has 1 saturated carbocycles. The minimum atomic E-state index is -4.20. The Morgan fingerprint density at radius 3 is 2.20 bits per heavy atom. The maximum Gasteiger partial charge on any atom is 0.264 e. The molecule has 1 N–H and O–H groups in total. The standard InChI is InChI=1S/C36H38ClN3O5S/c1-45-32-19-10-14-28(22-32)25-39(34(23-27-12-4-2-5-13-27)36(42)38-30-16-8-9-17-30)35(41)26-40(31-18-11-15-29(37)24-31)46(43,44)33-20-6-3-7-21-33/h2-7,10-15,18-22,24,30,34H,8-9,16-17,23,25-26H2,1H3,(H,38,42). The second kappa shape index (κ2) is 15.3. The highest BCUT2D eigenvalue weighted by molar-refractivity contribution is 7.92. The van der Waals surface area contributed by atoms with E-state index < -0.39 is 28.5 Å². The van der Waals surface area contributed by atoms with Gasteiger partial charge in [-0.15, -0.1) is 0 Å². The summed E-state index contributed by atoms with van der Waals surface area (Å²) >= 11 is 6.30. The predicted octanol–water partition coefficient (Wildman–Crippen LogP) is 6.24. The predicted molar refractivity (Wildman–Crippen MR) is 180 cm³/mol. The summed E-state index contributed by atoms with van der Waals surface area (Å²) in [6, 6.07) is 30.2. The van der Waals surface area contributed by atoms with Gasteiger partial charge in [-0.3, -0.25) is 13.9 Å². The number of halogens is 1. The van der Waals surface area contributed by atoms with Crippen molar-refractivity contribution in [3.63, 3.8) is 0 Å². The number of nitrogens with one attached hydrogen (secondary N) is 1. The van der Waals surface area contributed by atoms with Crippen LogP contribution in [0.1, 0.15) is 36.8 Å². The van der Waals surface area contributed by atoms with Crippen LogP contribution in [0.4, 0.5) is 5.69 Å². The van der Waals surface area contributed by atoms with Gasteiger partial charge in [-0.1, -0.05) is 91.2 Å². The van der Waals surface area contributed by atoms with Crippen LogP contribution in [0.15, 0.2) is 114 Å². The highest BCUT2D eigenvalue weighted by atomic mass is 35.5. The molecule has 0 heterocycles. The van der Waals surface area contributed by atoms with E-state index in [4.69, 9.17) is 16.3 Å². The van der Waals surface area contributed by atoms with Gasteiger partial charge < -0.3 is 15.0 Å². The summed E-state index contributed by atoms with van der Waals surface area (Å²) in [7, 11) is -2.64. The number of benzene rings is 4. The van der Waals surface area contributed by atoms with E-state index in [2.05, 4.69) is 5.32 Å². The molecule has 10 heteroatoms. The van der Waals surface area contributed by atoms with Crippen LogP contribution in [-0.4, -0.2) is 50.9 Å². The van der Waals surface area contributed by atoms with Crippen LogP contribution in [0.25, 0.3) is 0 Å². The first kappa shape index (κ1) is 33.0. The zero-order valence-corrected chi connectivity index (χ0v) is 27.3. The third-order valence-corrected chi connectivity index (χ3v) is 10.2. The number of anilines is 1. The van der Waals surface area contributed by atoms with Crippen molar-refractivity contribution in [3.8, 4) is 5.75 Å². The molecule has 4 aromatic carbocycles. The van der Waals surface area contributed by atoms with E-state index >= 15 is 0 Å². The SMILES string of the molecule is COc1cccc(CN(C(=O)CN(c2cccc(Cl)c2)S(=O)(=O)c2ccccc2)C(Cc2ccccc2)C(=O)NC2CCCC2)c1. The lowest BCUT2D eigenvalue weighted by molar-refractivity contribution is -0.140. The number of rotatable bonds is 13. The number of hydrogen-bond donors (Lipinski definition) is 1. The molecule has 8 nitrogen and oxygen atoms in total. The van der Waals surface area contributed by atoms with Crippen LogP contribution in [0.3, 0.4) is 0 Å². The third kappa shape index (κ3) is 8.27. The maximum absolute atomic E-state index is 14.6. The maximum atomic E-state index is 14.6. The highest BCUT2D eigenvalue weighted by Gasteiger charge is 2.35. The Morgan fingerprint density at radius 2 is 1.52 bits per heavy atom. The highest BCUT2D eigenvalue weighted by Crippen LogP contribution is 2.28. The molecule has 0 aliphatic heterocycles. The van der Waals surface area contributed by atoms with E-state index in [-0.39, 0.29) is 35.5 Å². The van der Waals surface area contributed by atoms with Gasteiger partial charge in [-0.2, -0.15) is 0 Å². The fourth-order valence-electron chi connectivity index (χ4n) is 5.77. The normalized spacial score (nSPS) is 14.0. The van der Waals surface area contributed by atoms with Gasteiger partial charge in [-0.05, 0) is 66.4 Å². The van der Waals surface area contributed by atoms with Crippen LogP contribution in [0, 0.1) is 0 Å². The van der Waals surface area contributed by atoms with Crippen LogP contribution in [-0.2, 0) is 32.6 Å². The number of carbonyl (C=O) groups is 2. The van der Waals surface area contributed by atoms with E-state index in [1.165, 1.54) is 23.1 Å². The molecule has 1 aliphatic rings. The fraction of sp³-hybridized carbons (Fsp3) is 0.278. The number of sulfonamides is 1. The number of ether oxygens (including phenoxy) is 1. The topological polar surface area (TPSA) is 96.0 Å². The van der Waals surface area contributed by atoms with Crippen molar-refractivity contribution >= 4 is 39.1 Å². The smallest absolute Gasteiger partial charge is 0.264 e. The molecule has 1 unspecified atom stereocenters. The molecule has 1 fully saturated rings. The fourth-order valence-corrected chi connectivity index (χ4v) is 7.38. The lowest BCUT2D eigenvalue weighted by atomic mass is 10.0. The Morgan fingerprint density at radius 1 is 0.870 bits per heavy atom. The minimum Gasteiger partial charge on any atom is -0.497 e. The van der Waals surface area contributed by atoms with E-state index in [0.29, 0.717) is 10.8 Å². The summed E-state index contributed by atoms with van der Waals surface area (Å²) in [6.07, 6.45) is 4.08. The average molecular weight is 660 g/mol. The lowest BCUT2D eigenvalue weighted by Gasteiger charge is -2.34. The van der Waals surface area contributed by atoms with E-state index in [0.717, 1.165) is 41.1 Å². The van der Waals surface area contributed by atoms with Gasteiger partial charge in [0.25, 0.3) is 10.0 Å². The first-order chi connectivity index (χ1) is 22.2. The van der Waals surface area contributed by atoms with Crippen molar-refractivity contribution in [2.45, 2.75) is 55.6 Å². The largest absolute Gasteiger partial charge is 0.497 e. The summed E-state index contributed by atoms with van der Waals surface area (Å²) in [6.45, 7) is -0.496. The molecule has 0 radical (unpaired) electrons. The second-order valence-corrected chi connectivity index (χ2v) is 13.7. The number of amides is 2. The van der Waals surface area contributed by atoms with Crippen LogP contribution >= 0.6 is 11.6 Å². The van der Waals surface area contributed by atoms with Gasteiger partial charge in [0.05, 0.1) is 17.7 Å². The van der Waals surface area contributed by atoms with Crippen molar-refractivity contribution in [2.24, 2.45) is 0 Å². The van der Waals surface area contributed by atoms with Gasteiger partial charge in [-0.25, -0.2) is 8.42 Å². The molecule has 2 amide bonds. The van der Waals surface area contributed by atoms with Gasteiger partial charge in [0, 0.05) is 24.0 Å². The van der Waals surface area contributed by atoms with Crippen molar-refractivity contribution in [1.82, 2.24) is 10.2 Å². The molecule has 1 atom stereocenters. The summed E-state index contributed by atoms with van der Waals surface area (Å²) in [5.74, 6) is -0.204. The Kier molecular flexibility index (Phi) is 11.0. The quantitative estimate of drug-likeness (QED) is 0.183. The monoisotopic (exact) mass is 659 g/mol. The molecule has 1 aliphatic carbocycles. The second-order valence-electron chi connectivity index (χ2n) is 11.4. The van der Waals surface area contributed by atoms with Crippen molar-refractivity contribution in [2.75, 3.05) is 18.0 Å². The number of nitrogens with zero attached hydrogens (tertiary/aromatic N) is 2. The number of methoxy groups -OCH3 is 1. The van der Waals surface area contributed by atoms with Crippen molar-refractivity contribution in [1.29, 1.82) is 0 Å². The van der Waals surface area contributed by atoms with Gasteiger partial charge in [0.1, 0.15) is 18.3 Å². The Bertz CT molecular complexity index is 1730. The zero-order chi connectivity index (χ0) is 32.5. The molecule has 0 spiro atoms. The van der Waals surface area contributed by atoms with E-state index in [1.54, 1.807) is 49.6 Å². The minimum absolute atomic E-state index is 0.0287. The first-order valence-corrected chi connectivity index (χ1v) is 17.2. The van der Waals surface area contributed by atoms with Gasteiger partial charge >= 0.3 is 0 Å². The first-order valence-electron chi connectivity index (χ1n) is 15.3. The Labute approximate surface area is 276 Å². The molecule has 0 saturated heterocycles. The summed E-state index contributed by atoms with van der Waals surface area (Å²) < 4.78 is 34.7. The number of carbonyl (C=O) groups excluding carboxylic acids is 2. The zero-order valence-electron chi connectivity index (χ0n) is 25.7. The Balaban J connectivity index is 1.57. The van der Waals surface area contributed by atoms with Crippen LogP contribution < -0.4 is 14.4 Å². The molecular formula is C36H38ClN3O5S. The molecular weight excluding hydrogens is 622 g/mol. The van der Waals surface area contributed by atoms with Gasteiger partial charge in [0.2, 0.25) is 11.8 Å². The number of hydrogen-bond acceptors (Lipinski definition) is 5. The molecule has 0 aromatic heterocycles. The van der Waals surface area contributed by atoms with E-state index in [9.17, 15) is 18.0 Å². The molecule has 5 rings (SSSR count). The van der Waals surface area contributed by atoms with Crippen molar-refractivity contribution in [3.05, 3.63) is 125 Å². The lowest BCUT2D eigenvalue weighted by Crippen LogP contribution is -2.54. The van der Waals surface area contributed by atoms with Crippen LogP contribution in [0.5, 0.6) is 5.75 Å².